The van der Waals surface area contributed by atoms with Crippen molar-refractivity contribution in [2.75, 3.05) is 27.3 Å². The minimum atomic E-state index is -0.634. The lowest BCUT2D eigenvalue weighted by Crippen LogP contribution is -2.44. The summed E-state index contributed by atoms with van der Waals surface area (Å²) in [7, 11) is 2.58. The third-order valence-electron chi connectivity index (χ3n) is 4.87. The number of amides is 2. The van der Waals surface area contributed by atoms with Crippen LogP contribution in [0.4, 0.5) is 9.59 Å². The number of methoxy groups -OCH3 is 2. The lowest BCUT2D eigenvalue weighted by atomic mass is 10.2. The van der Waals surface area contributed by atoms with Crippen molar-refractivity contribution in [3.8, 4) is 0 Å². The highest BCUT2D eigenvalue weighted by atomic mass is 16.6. The van der Waals surface area contributed by atoms with Gasteiger partial charge in [0.15, 0.2) is 0 Å². The molecule has 2 rings (SSSR count). The van der Waals surface area contributed by atoms with E-state index in [1.54, 1.807) is 41.5 Å². The summed E-state index contributed by atoms with van der Waals surface area (Å²) >= 11 is 0. The smallest absolute Gasteiger partial charge is 0.411 e. The highest BCUT2D eigenvalue weighted by Gasteiger charge is 2.42. The number of hydrogen-bond acceptors (Lipinski definition) is 10. The Hall–Kier alpha value is -2.60. The molecular weight excluding hydrogens is 448 g/mol. The number of carbonyl (C=O) groups excluding carboxylic acids is 4. The van der Waals surface area contributed by atoms with Crippen molar-refractivity contribution in [3.63, 3.8) is 0 Å². The van der Waals surface area contributed by atoms with E-state index in [2.05, 4.69) is 9.47 Å². The van der Waals surface area contributed by atoms with Gasteiger partial charge in [-0.3, -0.25) is 9.80 Å². The molecule has 2 aliphatic rings. The fraction of sp³-hybridized carbons (Fsp3) is 0.818. The molecule has 0 saturated carbocycles. The fourth-order valence-electron chi connectivity index (χ4n) is 3.50. The Labute approximate surface area is 201 Å². The number of hydrogen-bond donors (Lipinski definition) is 2. The molecule has 2 aliphatic heterocycles. The highest BCUT2D eigenvalue weighted by Crippen LogP contribution is 2.22. The molecule has 196 valence electrons. The van der Waals surface area contributed by atoms with E-state index in [9.17, 15) is 19.2 Å². The fourth-order valence-corrected chi connectivity index (χ4v) is 3.50. The average molecular weight is 489 g/mol. The second-order valence-corrected chi connectivity index (χ2v) is 10.3. The van der Waals surface area contributed by atoms with Gasteiger partial charge in [0.2, 0.25) is 0 Å². The zero-order valence-electron chi connectivity index (χ0n) is 21.5. The van der Waals surface area contributed by atoms with Crippen molar-refractivity contribution in [1.29, 1.82) is 0 Å². The van der Waals surface area contributed by atoms with Gasteiger partial charge in [-0.15, -0.1) is 0 Å². The molecule has 4 unspecified atom stereocenters. The van der Waals surface area contributed by atoms with Gasteiger partial charge < -0.3 is 30.4 Å². The minimum absolute atomic E-state index is 0.216. The average Bonchev–Trinajstić information content (AvgIpc) is 3.27. The van der Waals surface area contributed by atoms with Crippen molar-refractivity contribution < 1.29 is 38.1 Å². The zero-order valence-corrected chi connectivity index (χ0v) is 21.5. The first-order valence-corrected chi connectivity index (χ1v) is 11.1. The van der Waals surface area contributed by atoms with Crippen LogP contribution < -0.4 is 11.5 Å². The number of carbonyl (C=O) groups is 4. The van der Waals surface area contributed by atoms with Crippen LogP contribution in [-0.2, 0) is 28.5 Å². The van der Waals surface area contributed by atoms with E-state index in [0.29, 0.717) is 25.9 Å². The van der Waals surface area contributed by atoms with E-state index in [1.807, 2.05) is 0 Å². The molecule has 34 heavy (non-hydrogen) atoms. The second kappa shape index (κ2) is 11.7. The predicted molar refractivity (Wildman–Crippen MR) is 123 cm³/mol. The van der Waals surface area contributed by atoms with Gasteiger partial charge in [-0.25, -0.2) is 19.2 Å². The molecule has 0 bridgehead atoms. The Morgan fingerprint density at radius 3 is 1.21 bits per heavy atom. The summed E-state index contributed by atoms with van der Waals surface area (Å²) < 4.78 is 19.7. The summed E-state index contributed by atoms with van der Waals surface area (Å²) in [5.74, 6) is -0.910. The number of likely N-dealkylation sites (tertiary alicyclic amines) is 2. The largest absolute Gasteiger partial charge is 0.467 e. The van der Waals surface area contributed by atoms with Crippen LogP contribution in [0.2, 0.25) is 0 Å². The van der Waals surface area contributed by atoms with Crippen LogP contribution in [0, 0.1) is 0 Å². The van der Waals surface area contributed by atoms with E-state index < -0.39 is 47.4 Å². The molecule has 2 fully saturated rings. The Kier molecular flexibility index (Phi) is 10.1. The van der Waals surface area contributed by atoms with E-state index >= 15 is 0 Å². The molecule has 0 aromatic rings. The summed E-state index contributed by atoms with van der Waals surface area (Å²) in [5, 5.41) is 0. The lowest BCUT2D eigenvalue weighted by molar-refractivity contribution is -0.146. The molecule has 0 radical (unpaired) electrons. The van der Waals surface area contributed by atoms with Crippen molar-refractivity contribution in [3.05, 3.63) is 0 Å². The maximum atomic E-state index is 11.9. The zero-order chi connectivity index (χ0) is 26.4. The maximum absolute atomic E-state index is 11.9. The maximum Gasteiger partial charge on any atom is 0.411 e. The lowest BCUT2D eigenvalue weighted by Gasteiger charge is -2.27. The van der Waals surface area contributed by atoms with Gasteiger partial charge in [0.1, 0.15) is 23.3 Å². The van der Waals surface area contributed by atoms with Gasteiger partial charge in [-0.2, -0.15) is 0 Å². The Balaban J connectivity index is 0.000000340. The van der Waals surface area contributed by atoms with Crippen molar-refractivity contribution in [2.45, 2.75) is 89.8 Å². The predicted octanol–water partition coefficient (Wildman–Crippen LogP) is 0.992. The summed E-state index contributed by atoms with van der Waals surface area (Å²) in [5.41, 5.74) is 10.3. The first kappa shape index (κ1) is 29.4. The van der Waals surface area contributed by atoms with Crippen molar-refractivity contribution >= 4 is 24.1 Å². The van der Waals surface area contributed by atoms with Crippen molar-refractivity contribution in [2.24, 2.45) is 11.5 Å². The van der Waals surface area contributed by atoms with E-state index in [0.717, 1.165) is 0 Å². The van der Waals surface area contributed by atoms with Crippen molar-refractivity contribution in [1.82, 2.24) is 9.80 Å². The van der Waals surface area contributed by atoms with Crippen LogP contribution >= 0.6 is 0 Å². The molecule has 0 aromatic heterocycles. The summed E-state index contributed by atoms with van der Waals surface area (Å²) in [6.07, 6.45) is -0.237. The molecule has 2 amide bonds. The first-order valence-electron chi connectivity index (χ1n) is 11.1. The SMILES string of the molecule is COC(=O)C1CC(N)CN1C(=O)OC(C)(C)C.COC(=O)C1CC(N)CN1C(=O)OC(C)(C)C. The first-order chi connectivity index (χ1) is 15.5. The van der Waals surface area contributed by atoms with E-state index in [4.69, 9.17) is 20.9 Å². The van der Waals surface area contributed by atoms with Crippen LogP contribution in [-0.4, -0.2) is 96.6 Å². The summed E-state index contributed by atoms with van der Waals surface area (Å²) in [4.78, 5) is 49.5. The summed E-state index contributed by atoms with van der Waals surface area (Å²) in [6.45, 7) is 11.3. The number of nitrogens with two attached hydrogens (primary N) is 2. The molecule has 0 spiro atoms. The molecule has 12 heteroatoms. The molecule has 2 heterocycles. The standard InChI is InChI=1S/2C11H20N2O4/c2*1-11(2,3)17-10(15)13-6-7(12)5-8(13)9(14)16-4/h2*7-8H,5-6,12H2,1-4H3. The second-order valence-electron chi connectivity index (χ2n) is 10.3. The Morgan fingerprint density at radius 1 is 0.676 bits per heavy atom. The summed E-state index contributed by atoms with van der Waals surface area (Å²) in [6, 6.07) is -1.70. The molecule has 4 atom stereocenters. The molecule has 2 saturated heterocycles. The van der Waals surface area contributed by atoms with Gasteiger partial charge >= 0.3 is 24.1 Å². The topological polar surface area (TPSA) is 164 Å². The third kappa shape index (κ3) is 8.98. The van der Waals surface area contributed by atoms with Crippen LogP contribution in [0.25, 0.3) is 0 Å². The van der Waals surface area contributed by atoms with Crippen LogP contribution in [0.1, 0.15) is 54.4 Å². The highest BCUT2D eigenvalue weighted by molar-refractivity contribution is 5.83. The van der Waals surface area contributed by atoms with Gasteiger partial charge in [-0.1, -0.05) is 0 Å². The molecule has 12 nitrogen and oxygen atoms in total. The van der Waals surface area contributed by atoms with Gasteiger partial charge in [0.05, 0.1) is 14.2 Å². The van der Waals surface area contributed by atoms with Gasteiger partial charge in [0.25, 0.3) is 0 Å². The molecule has 4 N–H and O–H groups in total. The van der Waals surface area contributed by atoms with Gasteiger partial charge in [-0.05, 0) is 54.4 Å². The normalized spacial score (nSPS) is 24.6. The van der Waals surface area contributed by atoms with Crippen LogP contribution in [0.15, 0.2) is 0 Å². The number of ether oxygens (including phenoxy) is 4. The van der Waals surface area contributed by atoms with Crippen LogP contribution in [0.5, 0.6) is 0 Å². The Morgan fingerprint density at radius 2 is 0.971 bits per heavy atom. The Bertz CT molecular complexity index is 684. The van der Waals surface area contributed by atoms with E-state index in [-0.39, 0.29) is 12.1 Å². The minimum Gasteiger partial charge on any atom is -0.467 e. The van der Waals surface area contributed by atoms with Gasteiger partial charge in [0, 0.05) is 25.2 Å². The number of esters is 2. The van der Waals surface area contributed by atoms with Crippen LogP contribution in [0.3, 0.4) is 0 Å². The monoisotopic (exact) mass is 488 g/mol. The number of nitrogens with zero attached hydrogens (tertiary/aromatic N) is 2. The quantitative estimate of drug-likeness (QED) is 0.423. The molecular formula is C22H40N4O8. The molecule has 0 aromatic carbocycles. The molecule has 0 aliphatic carbocycles. The number of rotatable bonds is 2. The van der Waals surface area contributed by atoms with E-state index in [1.165, 1.54) is 24.0 Å². The third-order valence-corrected chi connectivity index (χ3v) is 4.87.